The smallest absolute Gasteiger partial charge is 0.245 e. The molecule has 0 unspecified atom stereocenters. The summed E-state index contributed by atoms with van der Waals surface area (Å²) in [5.41, 5.74) is 0.872. The van der Waals surface area contributed by atoms with Crippen molar-refractivity contribution in [2.45, 2.75) is 39.4 Å². The number of rotatable bonds is 5. The van der Waals surface area contributed by atoms with Gasteiger partial charge in [-0.15, -0.1) is 0 Å². The van der Waals surface area contributed by atoms with E-state index in [1.54, 1.807) is 29.8 Å². The summed E-state index contributed by atoms with van der Waals surface area (Å²) in [6.07, 6.45) is 5.41. The first-order chi connectivity index (χ1) is 11.5. The molecule has 2 aromatic rings. The molecule has 1 N–H and O–H groups in total. The summed E-state index contributed by atoms with van der Waals surface area (Å²) in [4.78, 5) is 30.9. The van der Waals surface area contributed by atoms with E-state index in [2.05, 4.69) is 10.3 Å². The molecule has 3 heterocycles. The van der Waals surface area contributed by atoms with Crippen molar-refractivity contribution in [3.63, 3.8) is 0 Å². The number of fused-ring (bicyclic) bond motifs is 1. The number of hydrogen-bond donors (Lipinski definition) is 1. The molecule has 3 rings (SSSR count). The fraction of sp³-hybridized carbons (Fsp3) is 0.471. The Labute approximate surface area is 140 Å². The highest BCUT2D eigenvalue weighted by Crippen LogP contribution is 2.22. The molecule has 0 radical (unpaired) electrons. The molecule has 0 fully saturated rings. The predicted octanol–water partition coefficient (Wildman–Crippen LogP) is 1.72. The lowest BCUT2D eigenvalue weighted by molar-refractivity contribution is -0.136. The van der Waals surface area contributed by atoms with Crippen LogP contribution in [-0.2, 0) is 22.7 Å². The van der Waals surface area contributed by atoms with Crippen LogP contribution in [0.1, 0.15) is 37.8 Å². The summed E-state index contributed by atoms with van der Waals surface area (Å²) < 4.78 is 7.07. The number of nitrogens with one attached hydrogen (secondary N) is 1. The van der Waals surface area contributed by atoms with E-state index in [1.165, 1.54) is 0 Å². The van der Waals surface area contributed by atoms with Crippen molar-refractivity contribution in [2.24, 2.45) is 5.92 Å². The molecule has 0 saturated heterocycles. The number of furan rings is 1. The fourth-order valence-corrected chi connectivity index (χ4v) is 2.87. The largest absolute Gasteiger partial charge is 0.467 e. The summed E-state index contributed by atoms with van der Waals surface area (Å²) in [5, 5.41) is 2.87. The van der Waals surface area contributed by atoms with Crippen molar-refractivity contribution in [1.29, 1.82) is 0 Å². The first kappa shape index (κ1) is 16.3. The van der Waals surface area contributed by atoms with E-state index in [4.69, 9.17) is 4.42 Å². The van der Waals surface area contributed by atoms with Gasteiger partial charge in [0.05, 0.1) is 37.9 Å². The number of imidazole rings is 1. The van der Waals surface area contributed by atoms with Crippen molar-refractivity contribution in [1.82, 2.24) is 19.8 Å². The van der Waals surface area contributed by atoms with Crippen molar-refractivity contribution in [3.8, 4) is 0 Å². The van der Waals surface area contributed by atoms with Crippen LogP contribution < -0.4 is 5.32 Å². The van der Waals surface area contributed by atoms with Gasteiger partial charge in [-0.1, -0.05) is 13.8 Å². The summed E-state index contributed by atoms with van der Waals surface area (Å²) in [6, 6.07) is 3.12. The van der Waals surface area contributed by atoms with Crippen LogP contribution in [0.5, 0.6) is 0 Å². The third kappa shape index (κ3) is 3.50. The lowest BCUT2D eigenvalue weighted by Gasteiger charge is -2.34. The van der Waals surface area contributed by atoms with Crippen LogP contribution in [0.3, 0.4) is 0 Å². The predicted molar refractivity (Wildman–Crippen MR) is 86.7 cm³/mol. The van der Waals surface area contributed by atoms with Gasteiger partial charge in [0.15, 0.2) is 0 Å². The number of aromatic nitrogens is 2. The molecule has 1 aliphatic rings. The molecule has 0 spiro atoms. The standard InChI is InChI=1S/C17H22N4O3/c1-12(2)6-16(22)20-9-13-7-18-11-21(13)15(10-20)17(23)19-8-14-4-3-5-24-14/h3-5,7,11-12,15H,6,8-10H2,1-2H3,(H,19,23)/t15-/m1/s1. The third-order valence-electron chi connectivity index (χ3n) is 4.08. The molecule has 0 aromatic carbocycles. The van der Waals surface area contributed by atoms with E-state index >= 15 is 0 Å². The van der Waals surface area contributed by atoms with Crippen molar-refractivity contribution < 1.29 is 14.0 Å². The summed E-state index contributed by atoms with van der Waals surface area (Å²) >= 11 is 0. The molecule has 7 heteroatoms. The zero-order valence-electron chi connectivity index (χ0n) is 13.9. The topological polar surface area (TPSA) is 80.4 Å². The molecule has 0 aliphatic carbocycles. The van der Waals surface area contributed by atoms with E-state index in [1.807, 2.05) is 24.5 Å². The van der Waals surface area contributed by atoms with Crippen LogP contribution in [0.2, 0.25) is 0 Å². The van der Waals surface area contributed by atoms with Crippen LogP contribution in [0.15, 0.2) is 35.3 Å². The van der Waals surface area contributed by atoms with Crippen LogP contribution >= 0.6 is 0 Å². The molecule has 24 heavy (non-hydrogen) atoms. The Morgan fingerprint density at radius 1 is 1.46 bits per heavy atom. The molecule has 1 atom stereocenters. The summed E-state index contributed by atoms with van der Waals surface area (Å²) in [6.45, 7) is 5.21. The average Bonchev–Trinajstić information content (AvgIpc) is 3.21. The highest BCUT2D eigenvalue weighted by atomic mass is 16.3. The second-order valence-corrected chi connectivity index (χ2v) is 6.48. The maximum absolute atomic E-state index is 12.6. The molecule has 1 aliphatic heterocycles. The Hall–Kier alpha value is -2.57. The number of carbonyl (C=O) groups is 2. The van der Waals surface area contributed by atoms with Gasteiger partial charge in [-0.3, -0.25) is 9.59 Å². The van der Waals surface area contributed by atoms with Gasteiger partial charge >= 0.3 is 0 Å². The second-order valence-electron chi connectivity index (χ2n) is 6.48. The Kier molecular flexibility index (Phi) is 4.69. The van der Waals surface area contributed by atoms with Gasteiger partial charge < -0.3 is 19.2 Å². The van der Waals surface area contributed by atoms with Gasteiger partial charge in [-0.05, 0) is 18.1 Å². The van der Waals surface area contributed by atoms with Gasteiger partial charge in [0.1, 0.15) is 11.8 Å². The number of nitrogens with zero attached hydrogens (tertiary/aromatic N) is 3. The molecular weight excluding hydrogens is 308 g/mol. The molecule has 2 aromatic heterocycles. The van der Waals surface area contributed by atoms with E-state index in [0.717, 1.165) is 5.69 Å². The SMILES string of the molecule is CC(C)CC(=O)N1Cc2cncn2[C@@H](C(=O)NCc2ccco2)C1. The zero-order chi connectivity index (χ0) is 17.1. The Morgan fingerprint density at radius 2 is 2.29 bits per heavy atom. The zero-order valence-corrected chi connectivity index (χ0v) is 13.9. The normalized spacial score (nSPS) is 17.0. The number of carbonyl (C=O) groups excluding carboxylic acids is 2. The van der Waals surface area contributed by atoms with Crippen LogP contribution in [0, 0.1) is 5.92 Å². The molecule has 0 bridgehead atoms. The maximum atomic E-state index is 12.6. The average molecular weight is 330 g/mol. The maximum Gasteiger partial charge on any atom is 0.245 e. The van der Waals surface area contributed by atoms with Crippen LogP contribution in [-0.4, -0.2) is 32.8 Å². The van der Waals surface area contributed by atoms with Gasteiger partial charge in [0.25, 0.3) is 0 Å². The second kappa shape index (κ2) is 6.90. The van der Waals surface area contributed by atoms with E-state index in [0.29, 0.717) is 31.8 Å². The van der Waals surface area contributed by atoms with E-state index in [9.17, 15) is 9.59 Å². The van der Waals surface area contributed by atoms with Crippen molar-refractivity contribution in [3.05, 3.63) is 42.4 Å². The van der Waals surface area contributed by atoms with Gasteiger partial charge in [-0.25, -0.2) is 4.98 Å². The monoisotopic (exact) mass is 330 g/mol. The van der Waals surface area contributed by atoms with Crippen LogP contribution in [0.25, 0.3) is 0 Å². The number of amides is 2. The van der Waals surface area contributed by atoms with E-state index < -0.39 is 6.04 Å². The first-order valence-corrected chi connectivity index (χ1v) is 8.13. The minimum atomic E-state index is -0.470. The fourth-order valence-electron chi connectivity index (χ4n) is 2.87. The summed E-state index contributed by atoms with van der Waals surface area (Å²) in [5.74, 6) is 0.905. The lowest BCUT2D eigenvalue weighted by atomic mass is 10.1. The molecular formula is C17H22N4O3. The molecule has 7 nitrogen and oxygen atoms in total. The highest BCUT2D eigenvalue weighted by Gasteiger charge is 2.32. The highest BCUT2D eigenvalue weighted by molar-refractivity contribution is 5.83. The number of hydrogen-bond acceptors (Lipinski definition) is 4. The van der Waals surface area contributed by atoms with Crippen LogP contribution in [0.4, 0.5) is 0 Å². The Morgan fingerprint density at radius 3 is 3.00 bits per heavy atom. The Balaban J connectivity index is 1.71. The minimum absolute atomic E-state index is 0.0706. The molecule has 128 valence electrons. The quantitative estimate of drug-likeness (QED) is 0.905. The van der Waals surface area contributed by atoms with Gasteiger partial charge in [0, 0.05) is 12.6 Å². The molecule has 2 amide bonds. The minimum Gasteiger partial charge on any atom is -0.467 e. The van der Waals surface area contributed by atoms with Crippen molar-refractivity contribution >= 4 is 11.8 Å². The Bertz CT molecular complexity index is 705. The first-order valence-electron chi connectivity index (χ1n) is 8.13. The summed E-state index contributed by atoms with van der Waals surface area (Å²) in [7, 11) is 0. The third-order valence-corrected chi connectivity index (χ3v) is 4.08. The van der Waals surface area contributed by atoms with Crippen molar-refractivity contribution in [2.75, 3.05) is 6.54 Å². The van der Waals surface area contributed by atoms with E-state index in [-0.39, 0.29) is 17.7 Å². The van der Waals surface area contributed by atoms with Gasteiger partial charge in [-0.2, -0.15) is 0 Å². The van der Waals surface area contributed by atoms with Gasteiger partial charge in [0.2, 0.25) is 11.8 Å². The lowest BCUT2D eigenvalue weighted by Crippen LogP contribution is -2.46. The molecule has 0 saturated carbocycles.